The zero-order chi connectivity index (χ0) is 14.3. The van der Waals surface area contributed by atoms with E-state index in [2.05, 4.69) is 15.6 Å². The maximum absolute atomic E-state index is 11.6. The van der Waals surface area contributed by atoms with Crippen LogP contribution in [0.2, 0.25) is 0 Å². The van der Waals surface area contributed by atoms with E-state index < -0.39 is 5.66 Å². The number of esters is 1. The third-order valence-corrected chi connectivity index (χ3v) is 3.26. The second-order valence-electron chi connectivity index (χ2n) is 4.37. The van der Waals surface area contributed by atoms with Gasteiger partial charge in [0.25, 0.3) is 0 Å². The molecule has 0 amide bonds. The van der Waals surface area contributed by atoms with Gasteiger partial charge in [-0.15, -0.1) is 6.42 Å². The van der Waals surface area contributed by atoms with Gasteiger partial charge in [-0.1, -0.05) is 12.0 Å². The molecule has 0 saturated carbocycles. The molecule has 0 radical (unpaired) electrons. The molecule has 1 rings (SSSR count). The van der Waals surface area contributed by atoms with E-state index in [9.17, 15) is 4.79 Å². The zero-order valence-electron chi connectivity index (χ0n) is 11.0. The van der Waals surface area contributed by atoms with Gasteiger partial charge in [0, 0.05) is 0 Å². The molecule has 0 aromatic heterocycles. The van der Waals surface area contributed by atoms with E-state index in [-0.39, 0.29) is 18.3 Å². The summed E-state index contributed by atoms with van der Waals surface area (Å²) in [5.74, 6) is 2.04. The topological polar surface area (TPSA) is 35.0 Å². The van der Waals surface area contributed by atoms with E-state index in [1.807, 2.05) is 6.08 Å². The van der Waals surface area contributed by atoms with Crippen molar-refractivity contribution in [2.75, 3.05) is 6.61 Å². The van der Waals surface area contributed by atoms with Crippen LogP contribution in [0.5, 0.6) is 0 Å². The Morgan fingerprint density at radius 3 is 2.74 bits per heavy atom. The van der Waals surface area contributed by atoms with E-state index >= 15 is 0 Å². The molecule has 0 aromatic rings. The van der Waals surface area contributed by atoms with Gasteiger partial charge in [0.15, 0.2) is 6.42 Å². The van der Waals surface area contributed by atoms with E-state index in [0.717, 1.165) is 5.57 Å². The van der Waals surface area contributed by atoms with Crippen molar-refractivity contribution in [3.05, 3.63) is 34.5 Å². The molecular formula is C15H16N2O2. The number of terminal acetylenes is 1. The first-order valence-electron chi connectivity index (χ1n) is 6.20. The maximum Gasteiger partial charge on any atom is 0.516 e. The molecule has 0 aromatic carbocycles. The lowest BCUT2D eigenvalue weighted by Crippen LogP contribution is -2.27. The Kier molecular flexibility index (Phi) is 5.16. The molecule has 19 heavy (non-hydrogen) atoms. The molecule has 0 aliphatic heterocycles. The fraction of sp³-hybridized carbons (Fsp3) is 0.533. The highest BCUT2D eigenvalue weighted by atomic mass is 16.5. The van der Waals surface area contributed by atoms with Crippen LogP contribution in [0.25, 0.3) is 9.69 Å². The van der Waals surface area contributed by atoms with Crippen molar-refractivity contribution in [3.63, 3.8) is 0 Å². The van der Waals surface area contributed by atoms with Crippen LogP contribution < -0.4 is 0 Å². The van der Waals surface area contributed by atoms with Gasteiger partial charge in [-0.25, -0.2) is 22.8 Å². The van der Waals surface area contributed by atoms with Crippen molar-refractivity contribution in [1.82, 2.24) is 0 Å². The van der Waals surface area contributed by atoms with Gasteiger partial charge in [0.05, 0.1) is 18.1 Å². The van der Waals surface area contributed by atoms with Crippen molar-refractivity contribution >= 4 is 5.97 Å². The number of allylic oxidation sites excluding steroid dienone is 1. The van der Waals surface area contributed by atoms with Gasteiger partial charge >= 0.3 is 11.6 Å². The highest BCUT2D eigenvalue weighted by molar-refractivity contribution is 5.73. The number of hydrogen-bond acceptors (Lipinski definition) is 2. The first-order chi connectivity index (χ1) is 9.13. The Morgan fingerprint density at radius 1 is 1.63 bits per heavy atom. The molecule has 1 atom stereocenters. The van der Waals surface area contributed by atoms with Gasteiger partial charge in [0.2, 0.25) is 0 Å². The minimum atomic E-state index is -1.27. The fourth-order valence-corrected chi connectivity index (χ4v) is 2.18. The summed E-state index contributed by atoms with van der Waals surface area (Å²) in [5, 5.41) is 0. The number of rotatable bonds is 4. The van der Waals surface area contributed by atoms with Crippen molar-refractivity contribution in [3.8, 4) is 12.3 Å². The average molecular weight is 256 g/mol. The standard InChI is InChI=1S/C15H16N2O2/c1-5-11-15(16-3,17-4)13-9-7-12(8-10-13)14(18)19-6-2/h1,9,12H,6-8,10-11H2,2H3. The Hall–Kier alpha value is -2.25. The Labute approximate surface area is 114 Å². The smallest absolute Gasteiger partial charge is 0.466 e. The van der Waals surface area contributed by atoms with Crippen LogP contribution in [-0.4, -0.2) is 18.2 Å². The maximum atomic E-state index is 11.6. The third kappa shape index (κ3) is 3.15. The molecule has 1 unspecified atom stereocenters. The first-order valence-corrected chi connectivity index (χ1v) is 6.20. The third-order valence-electron chi connectivity index (χ3n) is 3.26. The summed E-state index contributed by atoms with van der Waals surface area (Å²) < 4.78 is 4.98. The van der Waals surface area contributed by atoms with Gasteiger partial charge in [0.1, 0.15) is 0 Å². The quantitative estimate of drug-likeness (QED) is 0.335. The fourth-order valence-electron chi connectivity index (χ4n) is 2.18. The second kappa shape index (κ2) is 6.62. The summed E-state index contributed by atoms with van der Waals surface area (Å²) in [6, 6.07) is 0. The largest absolute Gasteiger partial charge is 0.516 e. The predicted molar refractivity (Wildman–Crippen MR) is 71.4 cm³/mol. The van der Waals surface area contributed by atoms with Crippen LogP contribution in [0.1, 0.15) is 32.6 Å². The van der Waals surface area contributed by atoms with E-state index in [1.165, 1.54) is 0 Å². The minimum Gasteiger partial charge on any atom is -0.466 e. The molecule has 1 aliphatic carbocycles. The number of ether oxygens (including phenoxy) is 1. The molecule has 0 heterocycles. The molecule has 4 heteroatoms. The van der Waals surface area contributed by atoms with Gasteiger partial charge in [-0.05, 0) is 26.2 Å². The number of carbonyl (C=O) groups excluding carboxylic acids is 1. The molecule has 0 fully saturated rings. The summed E-state index contributed by atoms with van der Waals surface area (Å²) >= 11 is 0. The first kappa shape index (κ1) is 14.8. The van der Waals surface area contributed by atoms with Crippen LogP contribution in [0.4, 0.5) is 0 Å². The van der Waals surface area contributed by atoms with Crippen molar-refractivity contribution in [2.45, 2.75) is 38.3 Å². The van der Waals surface area contributed by atoms with Crippen LogP contribution in [0.3, 0.4) is 0 Å². The number of carbonyl (C=O) groups is 1. The van der Waals surface area contributed by atoms with Gasteiger partial charge in [-0.2, -0.15) is 0 Å². The van der Waals surface area contributed by atoms with Crippen LogP contribution >= 0.6 is 0 Å². The molecule has 0 spiro atoms. The molecule has 98 valence electrons. The van der Waals surface area contributed by atoms with Gasteiger partial charge < -0.3 is 4.74 Å². The van der Waals surface area contributed by atoms with E-state index in [0.29, 0.717) is 25.9 Å². The van der Waals surface area contributed by atoms with Crippen molar-refractivity contribution < 1.29 is 9.53 Å². The molecule has 0 bridgehead atoms. The molecule has 0 N–H and O–H groups in total. The summed E-state index contributed by atoms with van der Waals surface area (Å²) in [6.45, 7) is 16.6. The minimum absolute atomic E-state index is 0.0932. The molecule has 4 nitrogen and oxygen atoms in total. The van der Waals surface area contributed by atoms with E-state index in [1.54, 1.807) is 6.92 Å². The van der Waals surface area contributed by atoms with Crippen molar-refractivity contribution in [1.29, 1.82) is 0 Å². The van der Waals surface area contributed by atoms with Crippen LogP contribution in [0, 0.1) is 31.4 Å². The van der Waals surface area contributed by atoms with Crippen LogP contribution in [0.15, 0.2) is 11.6 Å². The lowest BCUT2D eigenvalue weighted by Gasteiger charge is -2.21. The zero-order valence-corrected chi connectivity index (χ0v) is 11.0. The van der Waals surface area contributed by atoms with E-state index in [4.69, 9.17) is 24.3 Å². The normalized spacial score (nSPS) is 18.4. The Bertz CT molecular complexity index is 486. The molecule has 0 saturated heterocycles. The molecule has 1 aliphatic rings. The summed E-state index contributed by atoms with van der Waals surface area (Å²) in [5.41, 5.74) is -0.523. The van der Waals surface area contributed by atoms with Crippen molar-refractivity contribution in [2.24, 2.45) is 5.92 Å². The Morgan fingerprint density at radius 2 is 2.32 bits per heavy atom. The summed E-state index contributed by atoms with van der Waals surface area (Å²) in [6.07, 6.45) is 8.84. The Balaban J connectivity index is 2.85. The second-order valence-corrected chi connectivity index (χ2v) is 4.37. The van der Waals surface area contributed by atoms with Crippen LogP contribution in [-0.2, 0) is 9.53 Å². The molecular weight excluding hydrogens is 240 g/mol. The number of hydrogen-bond donors (Lipinski definition) is 0. The van der Waals surface area contributed by atoms with Gasteiger partial charge in [-0.3, -0.25) is 4.79 Å². The monoisotopic (exact) mass is 256 g/mol. The summed E-state index contributed by atoms with van der Waals surface area (Å²) in [7, 11) is 0. The highest BCUT2D eigenvalue weighted by Gasteiger charge is 2.48. The predicted octanol–water partition coefficient (Wildman–Crippen LogP) is 2.83. The average Bonchev–Trinajstić information content (AvgIpc) is 2.45. The lowest BCUT2D eigenvalue weighted by molar-refractivity contribution is -0.148. The SMILES string of the molecule is [C-]#[N+]C(CC#C)([N+]#[C-])C1=CCC(C(=O)OCC)CC1. The highest BCUT2D eigenvalue weighted by Crippen LogP contribution is 2.36. The number of nitrogens with zero attached hydrogens (tertiary/aromatic N) is 2. The lowest BCUT2D eigenvalue weighted by atomic mass is 9.83. The summed E-state index contributed by atoms with van der Waals surface area (Å²) in [4.78, 5) is 18.5.